The SMILES string of the molecule is CCC(NC(=O)[C@@H]1CCCN1C(=O)[C@@H](NC(=O)c1ccc(C(=O)NCC(=O)O)cc1)C(C)C)C(=O)C(F)(F)F. The maximum Gasteiger partial charge on any atom is 0.452 e. The maximum absolute atomic E-state index is 13.4. The highest BCUT2D eigenvalue weighted by Crippen LogP contribution is 2.23. The van der Waals surface area contributed by atoms with Crippen LogP contribution >= 0.6 is 0 Å². The van der Waals surface area contributed by atoms with Gasteiger partial charge >= 0.3 is 12.1 Å². The molecule has 11 nitrogen and oxygen atoms in total. The number of alkyl halides is 3. The average Bonchev–Trinajstić information content (AvgIpc) is 3.37. The van der Waals surface area contributed by atoms with E-state index in [1.807, 2.05) is 0 Å². The van der Waals surface area contributed by atoms with Gasteiger partial charge in [0.25, 0.3) is 17.6 Å². The molecule has 39 heavy (non-hydrogen) atoms. The third-order valence-electron chi connectivity index (χ3n) is 6.19. The van der Waals surface area contributed by atoms with Gasteiger partial charge in [-0.1, -0.05) is 20.8 Å². The maximum atomic E-state index is 13.4. The normalized spacial score (nSPS) is 16.8. The van der Waals surface area contributed by atoms with Gasteiger partial charge in [-0.2, -0.15) is 13.2 Å². The van der Waals surface area contributed by atoms with Crippen LogP contribution in [0, 0.1) is 5.92 Å². The Labute approximate surface area is 222 Å². The number of carboxylic acids is 1. The van der Waals surface area contributed by atoms with Crippen molar-refractivity contribution >= 4 is 35.4 Å². The van der Waals surface area contributed by atoms with Gasteiger partial charge in [0, 0.05) is 17.7 Å². The number of nitrogens with zero attached hydrogens (tertiary/aromatic N) is 1. The summed E-state index contributed by atoms with van der Waals surface area (Å²) in [5.74, 6) is -6.51. The van der Waals surface area contributed by atoms with E-state index in [4.69, 9.17) is 5.11 Å². The van der Waals surface area contributed by atoms with Crippen LogP contribution in [0.25, 0.3) is 0 Å². The third kappa shape index (κ3) is 8.26. The third-order valence-corrected chi connectivity index (χ3v) is 6.19. The number of hydrogen-bond acceptors (Lipinski definition) is 6. The summed E-state index contributed by atoms with van der Waals surface area (Å²) in [6.45, 7) is 4.22. The van der Waals surface area contributed by atoms with Crippen molar-refractivity contribution in [2.24, 2.45) is 5.92 Å². The fourth-order valence-corrected chi connectivity index (χ4v) is 4.07. The molecule has 1 unspecified atom stereocenters. The molecule has 0 bridgehead atoms. The topological polar surface area (TPSA) is 162 Å². The molecule has 214 valence electrons. The van der Waals surface area contributed by atoms with Crippen molar-refractivity contribution < 1.29 is 47.0 Å². The number of aliphatic carboxylic acids is 1. The van der Waals surface area contributed by atoms with Crippen molar-refractivity contribution in [3.63, 3.8) is 0 Å². The molecule has 1 fully saturated rings. The second-order valence-corrected chi connectivity index (χ2v) is 9.37. The molecule has 1 aromatic rings. The van der Waals surface area contributed by atoms with Gasteiger partial charge in [-0.3, -0.25) is 28.8 Å². The average molecular weight is 557 g/mol. The van der Waals surface area contributed by atoms with Crippen molar-refractivity contribution in [2.45, 2.75) is 64.3 Å². The van der Waals surface area contributed by atoms with Gasteiger partial charge in [0.2, 0.25) is 11.8 Å². The van der Waals surface area contributed by atoms with Gasteiger partial charge in [-0.15, -0.1) is 0 Å². The summed E-state index contributed by atoms with van der Waals surface area (Å²) in [6.07, 6.45) is -4.82. The quantitative estimate of drug-likeness (QED) is 0.319. The molecule has 1 aliphatic rings. The highest BCUT2D eigenvalue weighted by atomic mass is 19.4. The van der Waals surface area contributed by atoms with Crippen molar-refractivity contribution in [2.75, 3.05) is 13.1 Å². The van der Waals surface area contributed by atoms with Crippen LogP contribution < -0.4 is 16.0 Å². The van der Waals surface area contributed by atoms with Gasteiger partial charge in [-0.05, 0) is 49.4 Å². The first kappa shape index (κ1) is 31.2. The fourth-order valence-electron chi connectivity index (χ4n) is 4.07. The van der Waals surface area contributed by atoms with Crippen molar-refractivity contribution in [1.29, 1.82) is 0 Å². The van der Waals surface area contributed by atoms with Gasteiger partial charge < -0.3 is 26.0 Å². The Morgan fingerprint density at radius 1 is 1.00 bits per heavy atom. The van der Waals surface area contributed by atoms with E-state index in [-0.39, 0.29) is 30.5 Å². The van der Waals surface area contributed by atoms with Gasteiger partial charge in [-0.25, -0.2) is 0 Å². The van der Waals surface area contributed by atoms with Crippen LogP contribution in [-0.2, 0) is 19.2 Å². The number of carboxylic acid groups (broad SMARTS) is 1. The van der Waals surface area contributed by atoms with E-state index in [9.17, 15) is 41.9 Å². The number of halogens is 3. The lowest BCUT2D eigenvalue weighted by atomic mass is 10.0. The summed E-state index contributed by atoms with van der Waals surface area (Å²) in [5.41, 5.74) is 0.222. The van der Waals surface area contributed by atoms with Crippen molar-refractivity contribution in [1.82, 2.24) is 20.9 Å². The second-order valence-electron chi connectivity index (χ2n) is 9.37. The summed E-state index contributed by atoms with van der Waals surface area (Å²) in [7, 11) is 0. The van der Waals surface area contributed by atoms with E-state index < -0.39 is 72.1 Å². The molecule has 14 heteroatoms. The predicted molar refractivity (Wildman–Crippen MR) is 131 cm³/mol. The van der Waals surface area contributed by atoms with E-state index in [1.165, 1.54) is 36.1 Å². The number of carbonyl (C=O) groups is 6. The molecule has 1 aromatic carbocycles. The number of ketones is 1. The Hall–Kier alpha value is -3.97. The van der Waals surface area contributed by atoms with Crippen LogP contribution in [0.5, 0.6) is 0 Å². The van der Waals surface area contributed by atoms with Crippen molar-refractivity contribution in [3.05, 3.63) is 35.4 Å². The molecule has 1 heterocycles. The summed E-state index contributed by atoms with van der Waals surface area (Å²) in [4.78, 5) is 74.4. The monoisotopic (exact) mass is 556 g/mol. The molecule has 0 saturated carbocycles. The molecule has 0 aliphatic carbocycles. The van der Waals surface area contributed by atoms with Crippen molar-refractivity contribution in [3.8, 4) is 0 Å². The smallest absolute Gasteiger partial charge is 0.452 e. The number of rotatable bonds is 11. The Morgan fingerprint density at radius 3 is 2.05 bits per heavy atom. The zero-order valence-corrected chi connectivity index (χ0v) is 21.6. The minimum Gasteiger partial charge on any atom is -0.480 e. The number of nitrogens with one attached hydrogen (secondary N) is 3. The van der Waals surface area contributed by atoms with E-state index in [0.29, 0.717) is 6.42 Å². The van der Waals surface area contributed by atoms with Gasteiger partial charge in [0.05, 0.1) is 6.04 Å². The molecule has 3 atom stereocenters. The lowest BCUT2D eigenvalue weighted by Gasteiger charge is -2.31. The molecule has 0 aromatic heterocycles. The Kier molecular flexibility index (Phi) is 10.6. The summed E-state index contributed by atoms with van der Waals surface area (Å²) in [5, 5.41) is 15.6. The molecule has 0 radical (unpaired) electrons. The number of carbonyl (C=O) groups excluding carboxylic acids is 5. The van der Waals surface area contributed by atoms with E-state index in [0.717, 1.165) is 0 Å². The molecular formula is C25H31F3N4O7. The Balaban J connectivity index is 2.12. The summed E-state index contributed by atoms with van der Waals surface area (Å²) >= 11 is 0. The first-order valence-electron chi connectivity index (χ1n) is 12.3. The van der Waals surface area contributed by atoms with Crippen LogP contribution in [0.1, 0.15) is 60.7 Å². The lowest BCUT2D eigenvalue weighted by Crippen LogP contribution is -2.57. The number of likely N-dealkylation sites (tertiary alicyclic amines) is 1. The van der Waals surface area contributed by atoms with Crippen LogP contribution in [0.3, 0.4) is 0 Å². The molecule has 4 amide bonds. The molecule has 2 rings (SSSR count). The van der Waals surface area contributed by atoms with Crippen LogP contribution in [-0.4, -0.2) is 82.8 Å². The zero-order valence-electron chi connectivity index (χ0n) is 21.6. The van der Waals surface area contributed by atoms with E-state index in [1.54, 1.807) is 13.8 Å². The van der Waals surface area contributed by atoms with Crippen LogP contribution in [0.4, 0.5) is 13.2 Å². The molecule has 0 spiro atoms. The number of amides is 4. The van der Waals surface area contributed by atoms with Gasteiger partial charge in [0.15, 0.2) is 0 Å². The zero-order chi connectivity index (χ0) is 29.5. The molecule has 1 saturated heterocycles. The standard InChI is InChI=1S/C25H31F3N4O7/c1-4-16(20(35)25(26,27)28)30-23(38)17-6-5-11-32(17)24(39)19(13(2)3)31-22(37)15-9-7-14(8-10-15)21(36)29-12-18(33)34/h7-10,13,16-17,19H,4-6,11-12H2,1-3H3,(H,29,36)(H,30,38)(H,31,37)(H,33,34)/t16?,17-,19-/m0/s1. The van der Waals surface area contributed by atoms with Crippen LogP contribution in [0.2, 0.25) is 0 Å². The first-order valence-corrected chi connectivity index (χ1v) is 12.3. The van der Waals surface area contributed by atoms with E-state index in [2.05, 4.69) is 16.0 Å². The number of hydrogen-bond donors (Lipinski definition) is 4. The van der Waals surface area contributed by atoms with Crippen LogP contribution in [0.15, 0.2) is 24.3 Å². The van der Waals surface area contributed by atoms with E-state index >= 15 is 0 Å². The second kappa shape index (κ2) is 13.2. The highest BCUT2D eigenvalue weighted by molar-refractivity contribution is 6.01. The van der Waals surface area contributed by atoms with Gasteiger partial charge in [0.1, 0.15) is 18.6 Å². The molecule has 1 aliphatic heterocycles. The molecular weight excluding hydrogens is 525 g/mol. The number of benzene rings is 1. The minimum absolute atomic E-state index is 0.107. The first-order chi connectivity index (χ1) is 18.2. The Bertz CT molecular complexity index is 1110. The minimum atomic E-state index is -5.12. The summed E-state index contributed by atoms with van der Waals surface area (Å²) in [6, 6.07) is 1.31. The predicted octanol–water partition coefficient (Wildman–Crippen LogP) is 1.27. The Morgan fingerprint density at radius 2 is 1.56 bits per heavy atom. The highest BCUT2D eigenvalue weighted by Gasteiger charge is 2.45. The fraction of sp³-hybridized carbons (Fsp3) is 0.520. The number of Topliss-reactive ketones (excluding diaryl/α,β-unsaturated/α-hetero) is 1. The molecule has 4 N–H and O–H groups in total. The largest absolute Gasteiger partial charge is 0.480 e. The lowest BCUT2D eigenvalue weighted by molar-refractivity contribution is -0.174. The summed E-state index contributed by atoms with van der Waals surface area (Å²) < 4.78 is 38.6.